The maximum Gasteiger partial charge on any atom is 0.246 e. The van der Waals surface area contributed by atoms with Crippen molar-refractivity contribution in [3.63, 3.8) is 0 Å². The average Bonchev–Trinajstić information content (AvgIpc) is 2.87. The summed E-state index contributed by atoms with van der Waals surface area (Å²) in [6.07, 6.45) is 5.35. The molecule has 0 bridgehead atoms. The molecule has 0 amide bonds. The topological polar surface area (TPSA) is 90.5 Å². The molecule has 1 aliphatic rings. The van der Waals surface area contributed by atoms with Gasteiger partial charge in [-0.3, -0.25) is 4.68 Å². The third-order valence-corrected chi connectivity index (χ3v) is 5.27. The van der Waals surface area contributed by atoms with Crippen molar-refractivity contribution in [2.75, 3.05) is 26.2 Å². The van der Waals surface area contributed by atoms with E-state index in [2.05, 4.69) is 5.10 Å². The van der Waals surface area contributed by atoms with Crippen LogP contribution in [-0.4, -0.2) is 54.8 Å². The van der Waals surface area contributed by atoms with Crippen molar-refractivity contribution in [2.24, 2.45) is 12.8 Å². The summed E-state index contributed by atoms with van der Waals surface area (Å²) in [6, 6.07) is 0. The maximum absolute atomic E-state index is 12.4. The second-order valence-electron chi connectivity index (χ2n) is 4.97. The van der Waals surface area contributed by atoms with Crippen LogP contribution in [0.4, 0.5) is 0 Å². The number of piperidine rings is 1. The van der Waals surface area contributed by atoms with Crippen molar-refractivity contribution in [3.8, 4) is 0 Å². The molecule has 114 valence electrons. The molecule has 0 saturated carbocycles. The smallest absolute Gasteiger partial charge is 0.246 e. The summed E-state index contributed by atoms with van der Waals surface area (Å²) < 4.78 is 33.4. The largest absolute Gasteiger partial charge is 0.378 e. The summed E-state index contributed by atoms with van der Waals surface area (Å²) in [5.74, 6) is 0. The minimum absolute atomic E-state index is 0.141. The minimum Gasteiger partial charge on any atom is -0.378 e. The summed E-state index contributed by atoms with van der Waals surface area (Å²) in [7, 11) is -1.71. The van der Waals surface area contributed by atoms with Crippen LogP contribution >= 0.6 is 0 Å². The molecule has 0 aliphatic carbocycles. The van der Waals surface area contributed by atoms with Gasteiger partial charge in [0.25, 0.3) is 0 Å². The molecule has 2 N–H and O–H groups in total. The number of aryl methyl sites for hydroxylation is 1. The molecular weight excluding hydrogens is 280 g/mol. The monoisotopic (exact) mass is 302 g/mol. The summed E-state index contributed by atoms with van der Waals surface area (Å²) >= 11 is 0. The molecule has 1 fully saturated rings. The summed E-state index contributed by atoms with van der Waals surface area (Å²) in [5.41, 5.74) is 5.41. The fourth-order valence-electron chi connectivity index (χ4n) is 2.25. The summed E-state index contributed by atoms with van der Waals surface area (Å²) in [5, 5.41) is 3.92. The Labute approximate surface area is 119 Å². The molecule has 0 radical (unpaired) electrons. The molecular formula is C12H22N4O3S. The lowest BCUT2D eigenvalue weighted by atomic mass is 10.1. The standard InChI is InChI=1S/C12H22N4O3S/c1-15-10-12(9-14-15)20(17,18)16-6-3-11(4-7-16)19-8-2-5-13/h9-11H,2-8,13H2,1H3. The number of nitrogens with zero attached hydrogens (tertiary/aromatic N) is 3. The highest BCUT2D eigenvalue weighted by Gasteiger charge is 2.30. The van der Waals surface area contributed by atoms with E-state index in [0.29, 0.717) is 26.2 Å². The SMILES string of the molecule is Cn1cc(S(=O)(=O)N2CCC(OCCCN)CC2)cn1. The van der Waals surface area contributed by atoms with Gasteiger partial charge in [0.15, 0.2) is 0 Å². The van der Waals surface area contributed by atoms with Crippen molar-refractivity contribution in [1.82, 2.24) is 14.1 Å². The first kappa shape index (κ1) is 15.4. The third kappa shape index (κ3) is 3.57. The van der Waals surface area contributed by atoms with E-state index in [0.717, 1.165) is 19.3 Å². The van der Waals surface area contributed by atoms with Crippen molar-refractivity contribution in [3.05, 3.63) is 12.4 Å². The Morgan fingerprint density at radius 3 is 2.70 bits per heavy atom. The Balaban J connectivity index is 1.90. The molecule has 1 aliphatic heterocycles. The number of nitrogens with two attached hydrogens (primary N) is 1. The number of aromatic nitrogens is 2. The van der Waals surface area contributed by atoms with Gasteiger partial charge >= 0.3 is 0 Å². The van der Waals surface area contributed by atoms with Crippen LogP contribution < -0.4 is 5.73 Å². The number of sulfonamides is 1. The molecule has 1 saturated heterocycles. The molecule has 1 aromatic rings. The van der Waals surface area contributed by atoms with E-state index in [1.165, 1.54) is 21.4 Å². The lowest BCUT2D eigenvalue weighted by Crippen LogP contribution is -2.40. The Morgan fingerprint density at radius 1 is 1.45 bits per heavy atom. The first-order valence-corrected chi connectivity index (χ1v) is 8.28. The zero-order valence-electron chi connectivity index (χ0n) is 11.7. The van der Waals surface area contributed by atoms with E-state index >= 15 is 0 Å². The lowest BCUT2D eigenvalue weighted by molar-refractivity contribution is 0.0209. The Bertz CT molecular complexity index is 521. The Kier molecular flexibility index (Phi) is 5.14. The normalized spacial score (nSPS) is 18.5. The highest BCUT2D eigenvalue weighted by molar-refractivity contribution is 7.89. The summed E-state index contributed by atoms with van der Waals surface area (Å²) in [4.78, 5) is 0.252. The highest BCUT2D eigenvalue weighted by Crippen LogP contribution is 2.21. The van der Waals surface area contributed by atoms with E-state index in [1.807, 2.05) is 0 Å². The highest BCUT2D eigenvalue weighted by atomic mass is 32.2. The summed E-state index contributed by atoms with van der Waals surface area (Å²) in [6.45, 7) is 2.25. The molecule has 2 rings (SSSR count). The number of hydrogen-bond acceptors (Lipinski definition) is 5. The second kappa shape index (κ2) is 6.66. The molecule has 7 nitrogen and oxygen atoms in total. The second-order valence-corrected chi connectivity index (χ2v) is 6.90. The number of rotatable bonds is 6. The van der Waals surface area contributed by atoms with Gasteiger partial charge in [0.05, 0.1) is 12.3 Å². The van der Waals surface area contributed by atoms with E-state index in [-0.39, 0.29) is 11.0 Å². The van der Waals surface area contributed by atoms with Gasteiger partial charge in [-0.1, -0.05) is 0 Å². The maximum atomic E-state index is 12.4. The minimum atomic E-state index is -3.42. The fourth-order valence-corrected chi connectivity index (χ4v) is 3.71. The first-order valence-electron chi connectivity index (χ1n) is 6.84. The number of ether oxygens (including phenoxy) is 1. The van der Waals surface area contributed by atoms with Gasteiger partial charge in [0, 0.05) is 32.9 Å². The van der Waals surface area contributed by atoms with Gasteiger partial charge in [0.1, 0.15) is 4.90 Å². The van der Waals surface area contributed by atoms with Crippen molar-refractivity contribution < 1.29 is 13.2 Å². The fraction of sp³-hybridized carbons (Fsp3) is 0.750. The molecule has 2 heterocycles. The first-order chi connectivity index (χ1) is 9.54. The molecule has 20 heavy (non-hydrogen) atoms. The van der Waals surface area contributed by atoms with Crippen LogP contribution in [0, 0.1) is 0 Å². The third-order valence-electron chi connectivity index (χ3n) is 3.42. The number of hydrogen-bond donors (Lipinski definition) is 1. The van der Waals surface area contributed by atoms with Crippen LogP contribution in [0.25, 0.3) is 0 Å². The van der Waals surface area contributed by atoms with Gasteiger partial charge in [0.2, 0.25) is 10.0 Å². The average molecular weight is 302 g/mol. The molecule has 1 aromatic heterocycles. The van der Waals surface area contributed by atoms with E-state index in [1.54, 1.807) is 7.05 Å². The van der Waals surface area contributed by atoms with Crippen LogP contribution in [-0.2, 0) is 21.8 Å². The Hall–Kier alpha value is -0.960. The predicted molar refractivity (Wildman–Crippen MR) is 74.6 cm³/mol. The van der Waals surface area contributed by atoms with Gasteiger partial charge in [-0.2, -0.15) is 9.40 Å². The van der Waals surface area contributed by atoms with E-state index in [4.69, 9.17) is 10.5 Å². The van der Waals surface area contributed by atoms with Gasteiger partial charge < -0.3 is 10.5 Å². The van der Waals surface area contributed by atoms with Crippen molar-refractivity contribution >= 4 is 10.0 Å². The molecule has 0 spiro atoms. The van der Waals surface area contributed by atoms with E-state index < -0.39 is 10.0 Å². The van der Waals surface area contributed by atoms with Gasteiger partial charge in [-0.25, -0.2) is 8.42 Å². The van der Waals surface area contributed by atoms with Crippen LogP contribution in [0.5, 0.6) is 0 Å². The predicted octanol–water partition coefficient (Wildman–Crippen LogP) is -0.0614. The zero-order valence-corrected chi connectivity index (χ0v) is 12.6. The molecule has 8 heteroatoms. The lowest BCUT2D eigenvalue weighted by Gasteiger charge is -2.30. The molecule has 0 unspecified atom stereocenters. The van der Waals surface area contributed by atoms with Crippen LogP contribution in [0.1, 0.15) is 19.3 Å². The van der Waals surface area contributed by atoms with Crippen LogP contribution in [0.2, 0.25) is 0 Å². The van der Waals surface area contributed by atoms with Crippen LogP contribution in [0.3, 0.4) is 0 Å². The zero-order chi connectivity index (χ0) is 14.6. The van der Waals surface area contributed by atoms with Crippen molar-refractivity contribution in [1.29, 1.82) is 0 Å². The Morgan fingerprint density at radius 2 is 2.15 bits per heavy atom. The van der Waals surface area contributed by atoms with Crippen molar-refractivity contribution in [2.45, 2.75) is 30.3 Å². The van der Waals surface area contributed by atoms with Crippen LogP contribution in [0.15, 0.2) is 17.3 Å². The van der Waals surface area contributed by atoms with Gasteiger partial charge in [-0.05, 0) is 25.8 Å². The van der Waals surface area contributed by atoms with Gasteiger partial charge in [-0.15, -0.1) is 0 Å². The quantitative estimate of drug-likeness (QED) is 0.743. The van der Waals surface area contributed by atoms with E-state index in [9.17, 15) is 8.42 Å². The molecule has 0 atom stereocenters. The molecule has 0 aromatic carbocycles.